The van der Waals surface area contributed by atoms with Crippen molar-refractivity contribution in [2.45, 2.75) is 0 Å². The Morgan fingerprint density at radius 1 is 1.15 bits per heavy atom. The Morgan fingerprint density at radius 2 is 1.70 bits per heavy atom. The molecule has 1 heterocycles. The fourth-order valence-corrected chi connectivity index (χ4v) is 2.05. The van der Waals surface area contributed by atoms with Gasteiger partial charge in [-0.2, -0.15) is 0 Å². The van der Waals surface area contributed by atoms with Crippen molar-refractivity contribution in [3.8, 4) is 0 Å². The van der Waals surface area contributed by atoms with Gasteiger partial charge in [-0.15, -0.1) is 0 Å². The summed E-state index contributed by atoms with van der Waals surface area (Å²) in [6, 6.07) is 8.99. The number of carbonyl (C=O) groups excluding carboxylic acids is 1. The molecule has 0 unspecified atom stereocenters. The van der Waals surface area contributed by atoms with Crippen LogP contribution < -0.4 is 5.73 Å². The molecule has 8 nitrogen and oxygen atoms in total. The lowest BCUT2D eigenvalue weighted by Gasteiger charge is -2.34. The summed E-state index contributed by atoms with van der Waals surface area (Å²) in [5, 5.41) is 12.5. The van der Waals surface area contributed by atoms with E-state index >= 15 is 0 Å². The molecule has 1 fully saturated rings. The highest BCUT2D eigenvalue weighted by molar-refractivity contribution is 5.94. The van der Waals surface area contributed by atoms with Gasteiger partial charge >= 0.3 is 0 Å². The van der Waals surface area contributed by atoms with Gasteiger partial charge in [0.15, 0.2) is 5.03 Å². The van der Waals surface area contributed by atoms with Crippen molar-refractivity contribution in [1.29, 1.82) is 0 Å². The maximum Gasteiger partial charge on any atom is 0.268 e. The molecule has 1 saturated heterocycles. The van der Waals surface area contributed by atoms with Crippen LogP contribution in [0.5, 0.6) is 0 Å². The van der Waals surface area contributed by atoms with Crippen molar-refractivity contribution >= 4 is 11.9 Å². The Kier molecular flexibility index (Phi) is 4.14. The lowest BCUT2D eigenvalue weighted by atomic mass is 10.2. The lowest BCUT2D eigenvalue weighted by molar-refractivity contribution is -0.485. The van der Waals surface area contributed by atoms with Crippen LogP contribution in [-0.4, -0.2) is 52.9 Å². The van der Waals surface area contributed by atoms with Gasteiger partial charge in [0.1, 0.15) is 5.10 Å². The number of nitrogens with zero attached hydrogens (tertiary/aromatic N) is 4. The number of hydrogen-bond donors (Lipinski definition) is 1. The van der Waals surface area contributed by atoms with E-state index in [-0.39, 0.29) is 11.9 Å². The van der Waals surface area contributed by atoms with E-state index in [2.05, 4.69) is 5.10 Å². The lowest BCUT2D eigenvalue weighted by Crippen LogP contribution is -2.52. The summed E-state index contributed by atoms with van der Waals surface area (Å²) in [5.74, 6) is -0.170. The molecule has 0 saturated carbocycles. The molecule has 8 heteroatoms. The largest absolute Gasteiger partial charge is 0.365 e. The van der Waals surface area contributed by atoms with Gasteiger partial charge in [-0.3, -0.25) is 4.79 Å². The van der Waals surface area contributed by atoms with Crippen molar-refractivity contribution < 1.29 is 9.83 Å². The Bertz CT molecular complexity index is 523. The molecule has 106 valence electrons. The predicted molar refractivity (Wildman–Crippen MR) is 72.5 cm³/mol. The average molecular weight is 277 g/mol. The second-order valence-electron chi connectivity index (χ2n) is 4.34. The molecule has 0 radical (unpaired) electrons. The molecule has 0 aromatic heterocycles. The van der Waals surface area contributed by atoms with E-state index in [0.29, 0.717) is 31.7 Å². The summed E-state index contributed by atoms with van der Waals surface area (Å²) in [7, 11) is 0. The predicted octanol–water partition coefficient (Wildman–Crippen LogP) is -0.0492. The number of amides is 1. The molecular weight excluding hydrogens is 262 g/mol. The number of nitro groups is 1. The molecule has 1 aromatic carbocycles. The van der Waals surface area contributed by atoms with Crippen molar-refractivity contribution in [2.24, 2.45) is 10.8 Å². The smallest absolute Gasteiger partial charge is 0.268 e. The summed E-state index contributed by atoms with van der Waals surface area (Å²) in [5.41, 5.74) is 6.15. The monoisotopic (exact) mass is 277 g/mol. The van der Waals surface area contributed by atoms with E-state index in [1.165, 1.54) is 0 Å². The van der Waals surface area contributed by atoms with E-state index in [1.807, 2.05) is 18.2 Å². The molecule has 1 amide bonds. The Labute approximate surface area is 115 Å². The second-order valence-corrected chi connectivity index (χ2v) is 4.34. The van der Waals surface area contributed by atoms with Gasteiger partial charge in [0, 0.05) is 31.7 Å². The van der Waals surface area contributed by atoms with Crippen molar-refractivity contribution in [3.05, 3.63) is 46.0 Å². The number of hydrazone groups is 1. The molecule has 0 spiro atoms. The first-order chi connectivity index (χ1) is 9.58. The molecule has 1 aromatic rings. The van der Waals surface area contributed by atoms with E-state index < -0.39 is 5.03 Å². The zero-order valence-corrected chi connectivity index (χ0v) is 10.8. The SMILES string of the molecule is NC(=N[N+](=O)[O-])N1CCN(C(=O)c2ccccc2)CC1. The van der Waals surface area contributed by atoms with E-state index in [1.54, 1.807) is 21.9 Å². The zero-order valence-electron chi connectivity index (χ0n) is 10.8. The van der Waals surface area contributed by atoms with Crippen LogP contribution >= 0.6 is 0 Å². The minimum Gasteiger partial charge on any atom is -0.365 e. The summed E-state index contributed by atoms with van der Waals surface area (Å²) in [6.45, 7) is 1.78. The Balaban J connectivity index is 1.95. The topological polar surface area (TPSA) is 105 Å². The number of guanidine groups is 1. The zero-order chi connectivity index (χ0) is 14.5. The van der Waals surface area contributed by atoms with Crippen LogP contribution in [0.25, 0.3) is 0 Å². The van der Waals surface area contributed by atoms with Crippen LogP contribution in [0.4, 0.5) is 0 Å². The molecule has 2 N–H and O–H groups in total. The highest BCUT2D eigenvalue weighted by Crippen LogP contribution is 2.08. The Morgan fingerprint density at radius 3 is 2.25 bits per heavy atom. The minimum atomic E-state index is -0.823. The van der Waals surface area contributed by atoms with Crippen LogP contribution in [-0.2, 0) is 0 Å². The number of carbonyl (C=O) groups is 1. The number of benzene rings is 1. The molecule has 2 rings (SSSR count). The van der Waals surface area contributed by atoms with Gasteiger partial charge in [-0.1, -0.05) is 18.2 Å². The van der Waals surface area contributed by atoms with Crippen LogP contribution in [0, 0.1) is 10.1 Å². The highest BCUT2D eigenvalue weighted by atomic mass is 16.7. The maximum absolute atomic E-state index is 12.2. The van der Waals surface area contributed by atoms with Crippen LogP contribution in [0.15, 0.2) is 35.4 Å². The quantitative estimate of drug-likeness (QED) is 0.353. The molecular formula is C12H15N5O3. The third-order valence-electron chi connectivity index (χ3n) is 3.10. The molecule has 1 aliphatic heterocycles. The first kappa shape index (κ1) is 13.8. The van der Waals surface area contributed by atoms with E-state index in [4.69, 9.17) is 5.73 Å². The van der Waals surface area contributed by atoms with Crippen molar-refractivity contribution in [1.82, 2.24) is 9.80 Å². The van der Waals surface area contributed by atoms with E-state index in [0.717, 1.165) is 0 Å². The molecule has 0 atom stereocenters. The number of rotatable bonds is 2. The average Bonchev–Trinajstić information content (AvgIpc) is 2.47. The van der Waals surface area contributed by atoms with Gasteiger partial charge in [0.05, 0.1) is 0 Å². The standard InChI is InChI=1S/C12H15N5O3/c13-12(14-17(19)20)16-8-6-15(7-9-16)11(18)10-4-2-1-3-5-10/h1-5H,6-9H2,(H2,13,14). The van der Waals surface area contributed by atoms with Crippen LogP contribution in [0.3, 0.4) is 0 Å². The third-order valence-corrected chi connectivity index (χ3v) is 3.10. The Hall–Kier alpha value is -2.64. The number of nitrogens with two attached hydrogens (primary N) is 1. The van der Waals surface area contributed by atoms with Gasteiger partial charge in [0.25, 0.3) is 11.9 Å². The normalized spacial score (nSPS) is 16.1. The fourth-order valence-electron chi connectivity index (χ4n) is 2.05. The first-order valence-corrected chi connectivity index (χ1v) is 6.15. The molecule has 1 aliphatic rings. The third kappa shape index (κ3) is 3.22. The van der Waals surface area contributed by atoms with Crippen LogP contribution in [0.1, 0.15) is 10.4 Å². The summed E-state index contributed by atoms with van der Waals surface area (Å²) in [4.78, 5) is 25.7. The van der Waals surface area contributed by atoms with Gasteiger partial charge < -0.3 is 15.5 Å². The fraction of sp³-hybridized carbons (Fsp3) is 0.333. The molecule has 0 bridgehead atoms. The maximum atomic E-state index is 12.2. The second kappa shape index (κ2) is 6.00. The van der Waals surface area contributed by atoms with Crippen molar-refractivity contribution in [3.63, 3.8) is 0 Å². The summed E-state index contributed by atoms with van der Waals surface area (Å²) in [6.07, 6.45) is 0. The van der Waals surface area contributed by atoms with Gasteiger partial charge in [0.2, 0.25) is 0 Å². The number of piperazine rings is 1. The van der Waals surface area contributed by atoms with Crippen LogP contribution in [0.2, 0.25) is 0 Å². The summed E-state index contributed by atoms with van der Waals surface area (Å²) < 4.78 is 0. The minimum absolute atomic E-state index is 0.0463. The first-order valence-electron chi connectivity index (χ1n) is 6.15. The summed E-state index contributed by atoms with van der Waals surface area (Å²) >= 11 is 0. The highest BCUT2D eigenvalue weighted by Gasteiger charge is 2.23. The molecule has 20 heavy (non-hydrogen) atoms. The molecule has 0 aliphatic carbocycles. The van der Waals surface area contributed by atoms with E-state index in [9.17, 15) is 14.9 Å². The van der Waals surface area contributed by atoms with Gasteiger partial charge in [-0.25, -0.2) is 10.1 Å². The number of hydrogen-bond acceptors (Lipinski definition) is 3. The van der Waals surface area contributed by atoms with Gasteiger partial charge in [-0.05, 0) is 12.1 Å². The van der Waals surface area contributed by atoms with Crippen molar-refractivity contribution in [2.75, 3.05) is 26.2 Å².